The van der Waals surface area contributed by atoms with Crippen molar-refractivity contribution in [1.82, 2.24) is 10.2 Å². The molecule has 2 rings (SSSR count). The first-order chi connectivity index (χ1) is 12.4. The van der Waals surface area contributed by atoms with Crippen LogP contribution in [0.3, 0.4) is 0 Å². The highest BCUT2D eigenvalue weighted by atomic mass is 35.5. The zero-order valence-electron chi connectivity index (χ0n) is 14.7. The maximum absolute atomic E-state index is 12.9. The summed E-state index contributed by atoms with van der Waals surface area (Å²) in [5.41, 5.74) is 2.00. The number of rotatable bonds is 8. The number of halogens is 2. The van der Waals surface area contributed by atoms with Gasteiger partial charge in [-0.05, 0) is 48.2 Å². The molecule has 0 atom stereocenters. The lowest BCUT2D eigenvalue weighted by Crippen LogP contribution is -2.41. The summed E-state index contributed by atoms with van der Waals surface area (Å²) >= 11 is 5.84. The van der Waals surface area contributed by atoms with Crippen LogP contribution in [0.4, 0.5) is 4.39 Å². The quantitative estimate of drug-likeness (QED) is 0.769. The van der Waals surface area contributed by atoms with Crippen molar-refractivity contribution in [3.63, 3.8) is 0 Å². The summed E-state index contributed by atoms with van der Waals surface area (Å²) < 4.78 is 12.9. The molecule has 2 aromatic carbocycles. The van der Waals surface area contributed by atoms with Crippen LogP contribution in [0.25, 0.3) is 0 Å². The van der Waals surface area contributed by atoms with Crippen molar-refractivity contribution in [1.29, 1.82) is 0 Å². The Morgan fingerprint density at radius 2 is 1.58 bits per heavy atom. The minimum Gasteiger partial charge on any atom is -0.354 e. The third-order valence-corrected chi connectivity index (χ3v) is 4.26. The van der Waals surface area contributed by atoms with Gasteiger partial charge < -0.3 is 10.2 Å². The second-order valence-electron chi connectivity index (χ2n) is 6.04. The first-order valence-corrected chi connectivity index (χ1v) is 8.83. The van der Waals surface area contributed by atoms with E-state index in [1.165, 1.54) is 24.0 Å². The zero-order chi connectivity index (χ0) is 18.9. The van der Waals surface area contributed by atoms with Gasteiger partial charge in [-0.2, -0.15) is 0 Å². The Balaban J connectivity index is 1.76. The normalized spacial score (nSPS) is 10.4. The number of hydrogen-bond acceptors (Lipinski definition) is 2. The molecule has 0 fully saturated rings. The van der Waals surface area contributed by atoms with Gasteiger partial charge in [-0.15, -0.1) is 0 Å². The third-order valence-electron chi connectivity index (χ3n) is 4.01. The highest BCUT2D eigenvalue weighted by molar-refractivity contribution is 6.30. The standard InChI is InChI=1S/C20H22ClFN2O2/c1-15(25)24(13-11-17-4-8-19(22)9-5-17)14-20(26)23-12-10-16-2-6-18(21)7-3-16/h2-9H,10-14H2,1H3,(H,23,26). The largest absolute Gasteiger partial charge is 0.354 e. The molecule has 0 heterocycles. The van der Waals surface area contributed by atoms with Gasteiger partial charge >= 0.3 is 0 Å². The molecule has 1 N–H and O–H groups in total. The molecule has 138 valence electrons. The van der Waals surface area contributed by atoms with Crippen LogP contribution in [0.5, 0.6) is 0 Å². The third kappa shape index (κ3) is 6.84. The van der Waals surface area contributed by atoms with E-state index in [4.69, 9.17) is 11.6 Å². The number of amides is 2. The number of carbonyl (C=O) groups is 2. The smallest absolute Gasteiger partial charge is 0.239 e. The average molecular weight is 377 g/mol. The molecule has 2 amide bonds. The molecular formula is C20H22ClFN2O2. The number of nitrogens with one attached hydrogen (secondary N) is 1. The molecule has 0 spiro atoms. The van der Waals surface area contributed by atoms with Crippen LogP contribution in [0, 0.1) is 5.82 Å². The monoisotopic (exact) mass is 376 g/mol. The Morgan fingerprint density at radius 1 is 1.00 bits per heavy atom. The lowest BCUT2D eigenvalue weighted by atomic mass is 10.1. The van der Waals surface area contributed by atoms with Crippen LogP contribution in [0.15, 0.2) is 48.5 Å². The van der Waals surface area contributed by atoms with E-state index >= 15 is 0 Å². The molecule has 0 aliphatic rings. The van der Waals surface area contributed by atoms with Crippen molar-refractivity contribution in [2.24, 2.45) is 0 Å². The molecule has 6 heteroatoms. The Bertz CT molecular complexity index is 732. The van der Waals surface area contributed by atoms with Gasteiger partial charge in [0.2, 0.25) is 11.8 Å². The minimum atomic E-state index is -0.294. The minimum absolute atomic E-state index is 0.0111. The molecule has 0 aromatic heterocycles. The second kappa shape index (κ2) is 9.92. The number of carbonyl (C=O) groups excluding carboxylic acids is 2. The Hall–Kier alpha value is -2.40. The Labute approximate surface area is 158 Å². The topological polar surface area (TPSA) is 49.4 Å². The van der Waals surface area contributed by atoms with Gasteiger partial charge in [0, 0.05) is 25.0 Å². The summed E-state index contributed by atoms with van der Waals surface area (Å²) in [7, 11) is 0. The summed E-state index contributed by atoms with van der Waals surface area (Å²) in [6.07, 6.45) is 1.26. The van der Waals surface area contributed by atoms with Crippen molar-refractivity contribution >= 4 is 23.4 Å². The van der Waals surface area contributed by atoms with Crippen molar-refractivity contribution < 1.29 is 14.0 Å². The molecule has 0 radical (unpaired) electrons. The van der Waals surface area contributed by atoms with E-state index in [2.05, 4.69) is 5.32 Å². The van der Waals surface area contributed by atoms with E-state index < -0.39 is 0 Å². The molecule has 0 unspecified atom stereocenters. The summed E-state index contributed by atoms with van der Waals surface area (Å²) in [6.45, 7) is 2.35. The molecule has 0 bridgehead atoms. The number of hydrogen-bond donors (Lipinski definition) is 1. The van der Waals surface area contributed by atoms with Crippen LogP contribution in [-0.2, 0) is 22.4 Å². The summed E-state index contributed by atoms with van der Waals surface area (Å²) in [6, 6.07) is 13.6. The van der Waals surface area contributed by atoms with E-state index in [0.29, 0.717) is 31.0 Å². The highest BCUT2D eigenvalue weighted by Gasteiger charge is 2.13. The molecule has 0 saturated heterocycles. The fraction of sp³-hybridized carbons (Fsp3) is 0.300. The summed E-state index contributed by atoms with van der Waals surface area (Å²) in [5, 5.41) is 3.50. The van der Waals surface area contributed by atoms with Gasteiger partial charge in [-0.25, -0.2) is 4.39 Å². The molecule has 2 aromatic rings. The van der Waals surface area contributed by atoms with Crippen LogP contribution >= 0.6 is 11.6 Å². The SMILES string of the molecule is CC(=O)N(CCc1ccc(F)cc1)CC(=O)NCCc1ccc(Cl)cc1. The zero-order valence-corrected chi connectivity index (χ0v) is 15.4. The predicted octanol–water partition coefficient (Wildman–Crippen LogP) is 3.23. The Morgan fingerprint density at radius 3 is 2.19 bits per heavy atom. The number of benzene rings is 2. The lowest BCUT2D eigenvalue weighted by molar-refractivity contribution is -0.134. The van der Waals surface area contributed by atoms with E-state index in [1.807, 2.05) is 24.3 Å². The fourth-order valence-electron chi connectivity index (χ4n) is 2.49. The first kappa shape index (κ1) is 19.9. The van der Waals surface area contributed by atoms with Crippen LogP contribution in [0.1, 0.15) is 18.1 Å². The van der Waals surface area contributed by atoms with Gasteiger partial charge in [-0.3, -0.25) is 9.59 Å². The van der Waals surface area contributed by atoms with Crippen molar-refractivity contribution in [2.45, 2.75) is 19.8 Å². The van der Waals surface area contributed by atoms with Crippen molar-refractivity contribution in [3.05, 3.63) is 70.5 Å². The van der Waals surface area contributed by atoms with Gasteiger partial charge in [-0.1, -0.05) is 35.9 Å². The fourth-order valence-corrected chi connectivity index (χ4v) is 2.62. The molecule has 0 aliphatic carbocycles. The lowest BCUT2D eigenvalue weighted by Gasteiger charge is -2.20. The molecule has 4 nitrogen and oxygen atoms in total. The summed E-state index contributed by atoms with van der Waals surface area (Å²) in [5.74, 6) is -0.662. The maximum atomic E-state index is 12.9. The van der Waals surface area contributed by atoms with Gasteiger partial charge in [0.1, 0.15) is 5.82 Å². The molecule has 26 heavy (non-hydrogen) atoms. The van der Waals surface area contributed by atoms with Gasteiger partial charge in [0.15, 0.2) is 0 Å². The summed E-state index contributed by atoms with van der Waals surface area (Å²) in [4.78, 5) is 25.3. The van der Waals surface area contributed by atoms with E-state index in [1.54, 1.807) is 12.1 Å². The first-order valence-electron chi connectivity index (χ1n) is 8.45. The predicted molar refractivity (Wildman–Crippen MR) is 101 cm³/mol. The second-order valence-corrected chi connectivity index (χ2v) is 6.48. The highest BCUT2D eigenvalue weighted by Crippen LogP contribution is 2.09. The molecule has 0 aliphatic heterocycles. The van der Waals surface area contributed by atoms with Crippen LogP contribution in [0.2, 0.25) is 5.02 Å². The van der Waals surface area contributed by atoms with Crippen LogP contribution < -0.4 is 5.32 Å². The van der Waals surface area contributed by atoms with Crippen molar-refractivity contribution in [2.75, 3.05) is 19.6 Å². The van der Waals surface area contributed by atoms with Crippen molar-refractivity contribution in [3.8, 4) is 0 Å². The van der Waals surface area contributed by atoms with E-state index in [9.17, 15) is 14.0 Å². The number of nitrogens with zero attached hydrogens (tertiary/aromatic N) is 1. The average Bonchev–Trinajstić information content (AvgIpc) is 2.61. The van der Waals surface area contributed by atoms with E-state index in [0.717, 1.165) is 11.1 Å². The van der Waals surface area contributed by atoms with Gasteiger partial charge in [0.05, 0.1) is 6.54 Å². The molecular weight excluding hydrogens is 355 g/mol. The van der Waals surface area contributed by atoms with Crippen LogP contribution in [-0.4, -0.2) is 36.3 Å². The van der Waals surface area contributed by atoms with E-state index in [-0.39, 0.29) is 24.2 Å². The maximum Gasteiger partial charge on any atom is 0.239 e. The Kier molecular flexibility index (Phi) is 7.60. The molecule has 0 saturated carbocycles. The van der Waals surface area contributed by atoms with Gasteiger partial charge in [0.25, 0.3) is 0 Å².